The maximum Gasteiger partial charge on any atom is 0.137 e. The third-order valence-electron chi connectivity index (χ3n) is 3.13. The molecule has 6 nitrogen and oxygen atoms in total. The van der Waals surface area contributed by atoms with Crippen LogP contribution < -0.4 is 5.32 Å². The lowest BCUT2D eigenvalue weighted by Crippen LogP contribution is -2.05. The Morgan fingerprint density at radius 2 is 2.15 bits per heavy atom. The molecule has 0 bridgehead atoms. The lowest BCUT2D eigenvalue weighted by Gasteiger charge is -2.09. The number of hydrogen-bond acceptors (Lipinski definition) is 4. The third kappa shape index (κ3) is 2.85. The zero-order valence-electron chi connectivity index (χ0n) is 11.3. The molecule has 0 spiro atoms. The topological polar surface area (TPSA) is 60.6 Å². The molecule has 0 aliphatic heterocycles. The summed E-state index contributed by atoms with van der Waals surface area (Å²) in [5.74, 6) is 0. The average Bonchev–Trinajstić information content (AvgIpc) is 3.09. The van der Waals surface area contributed by atoms with E-state index < -0.39 is 0 Å². The van der Waals surface area contributed by atoms with Crippen molar-refractivity contribution >= 4 is 5.69 Å². The van der Waals surface area contributed by atoms with E-state index in [4.69, 9.17) is 0 Å². The van der Waals surface area contributed by atoms with Crippen LogP contribution in [0, 0.1) is 0 Å². The fourth-order valence-electron chi connectivity index (χ4n) is 2.03. The van der Waals surface area contributed by atoms with Crippen LogP contribution in [0.1, 0.15) is 11.3 Å². The second kappa shape index (κ2) is 5.56. The summed E-state index contributed by atoms with van der Waals surface area (Å²) < 4.78 is 3.81. The van der Waals surface area contributed by atoms with E-state index in [1.165, 1.54) is 5.56 Å². The Bertz CT molecular complexity index is 671. The Labute approximate surface area is 117 Å². The first-order valence-corrected chi connectivity index (χ1v) is 6.42. The Hall–Kier alpha value is -2.63. The zero-order chi connectivity index (χ0) is 13.8. The van der Waals surface area contributed by atoms with E-state index in [2.05, 4.69) is 38.6 Å². The maximum atomic E-state index is 4.11. The van der Waals surface area contributed by atoms with Crippen molar-refractivity contribution in [3.05, 3.63) is 60.7 Å². The van der Waals surface area contributed by atoms with Crippen molar-refractivity contribution in [1.82, 2.24) is 24.3 Å². The maximum absolute atomic E-state index is 4.11. The van der Waals surface area contributed by atoms with Crippen LogP contribution in [0.2, 0.25) is 0 Å². The van der Waals surface area contributed by atoms with Crippen LogP contribution in [-0.2, 0) is 20.1 Å². The second-order valence-electron chi connectivity index (χ2n) is 4.64. The van der Waals surface area contributed by atoms with Crippen molar-refractivity contribution in [2.75, 3.05) is 5.32 Å². The first kappa shape index (κ1) is 12.4. The van der Waals surface area contributed by atoms with Gasteiger partial charge in [-0.3, -0.25) is 0 Å². The van der Waals surface area contributed by atoms with Crippen LogP contribution in [0.4, 0.5) is 5.69 Å². The molecule has 0 saturated heterocycles. The van der Waals surface area contributed by atoms with Crippen LogP contribution in [0.3, 0.4) is 0 Å². The summed E-state index contributed by atoms with van der Waals surface area (Å²) in [5.41, 5.74) is 3.42. The number of aryl methyl sites for hydroxylation is 1. The molecule has 0 aliphatic rings. The van der Waals surface area contributed by atoms with Crippen molar-refractivity contribution in [2.45, 2.75) is 13.1 Å². The summed E-state index contributed by atoms with van der Waals surface area (Å²) in [6.45, 7) is 1.48. The standard InChI is InChI=1S/C14H16N6/c1-19-10-15-6-14(19)7-17-13-4-2-3-12(5-13)8-20-11-16-9-18-20/h2-6,9-11,17H,7-8H2,1H3. The summed E-state index contributed by atoms with van der Waals surface area (Å²) in [4.78, 5) is 8.05. The van der Waals surface area contributed by atoms with Gasteiger partial charge in [0.15, 0.2) is 0 Å². The first-order chi connectivity index (χ1) is 9.81. The van der Waals surface area contributed by atoms with Crippen LogP contribution in [-0.4, -0.2) is 24.3 Å². The molecule has 0 unspecified atom stereocenters. The number of nitrogens with zero attached hydrogens (tertiary/aromatic N) is 5. The molecular weight excluding hydrogens is 252 g/mol. The quantitative estimate of drug-likeness (QED) is 0.764. The molecule has 0 saturated carbocycles. The molecular formula is C14H16N6. The minimum Gasteiger partial charge on any atom is -0.379 e. The van der Waals surface area contributed by atoms with Crippen LogP contribution in [0.15, 0.2) is 49.4 Å². The Morgan fingerprint density at radius 3 is 2.90 bits per heavy atom. The van der Waals surface area contributed by atoms with Gasteiger partial charge in [-0.2, -0.15) is 5.10 Å². The van der Waals surface area contributed by atoms with Crippen molar-refractivity contribution < 1.29 is 0 Å². The third-order valence-corrected chi connectivity index (χ3v) is 3.13. The lowest BCUT2D eigenvalue weighted by atomic mass is 10.2. The number of imidazole rings is 1. The van der Waals surface area contributed by atoms with E-state index in [0.29, 0.717) is 0 Å². The Balaban J connectivity index is 1.67. The number of benzene rings is 1. The largest absolute Gasteiger partial charge is 0.379 e. The Kier molecular flexibility index (Phi) is 3.45. The van der Waals surface area contributed by atoms with Gasteiger partial charge in [0, 0.05) is 18.9 Å². The zero-order valence-corrected chi connectivity index (χ0v) is 11.3. The lowest BCUT2D eigenvalue weighted by molar-refractivity contribution is 0.685. The molecule has 102 valence electrons. The highest BCUT2D eigenvalue weighted by Crippen LogP contribution is 2.12. The van der Waals surface area contributed by atoms with Gasteiger partial charge in [-0.25, -0.2) is 14.6 Å². The number of hydrogen-bond donors (Lipinski definition) is 1. The molecule has 0 atom stereocenters. The van der Waals surface area contributed by atoms with Gasteiger partial charge in [-0.1, -0.05) is 12.1 Å². The van der Waals surface area contributed by atoms with Gasteiger partial charge >= 0.3 is 0 Å². The molecule has 0 fully saturated rings. The second-order valence-corrected chi connectivity index (χ2v) is 4.64. The summed E-state index contributed by atoms with van der Waals surface area (Å²) in [7, 11) is 1.99. The van der Waals surface area contributed by atoms with Gasteiger partial charge in [-0.15, -0.1) is 0 Å². The van der Waals surface area contributed by atoms with E-state index in [-0.39, 0.29) is 0 Å². The highest BCUT2D eigenvalue weighted by molar-refractivity contribution is 5.45. The first-order valence-electron chi connectivity index (χ1n) is 6.42. The van der Waals surface area contributed by atoms with Crippen molar-refractivity contribution in [3.8, 4) is 0 Å². The molecule has 3 aromatic rings. The fourth-order valence-corrected chi connectivity index (χ4v) is 2.03. The summed E-state index contributed by atoms with van der Waals surface area (Å²) in [6.07, 6.45) is 6.94. The number of aromatic nitrogens is 5. The van der Waals surface area contributed by atoms with Crippen LogP contribution >= 0.6 is 0 Å². The highest BCUT2D eigenvalue weighted by atomic mass is 15.3. The average molecular weight is 268 g/mol. The molecule has 20 heavy (non-hydrogen) atoms. The number of nitrogens with one attached hydrogen (secondary N) is 1. The van der Waals surface area contributed by atoms with Crippen LogP contribution in [0.25, 0.3) is 0 Å². The molecule has 1 aromatic carbocycles. The van der Waals surface area contributed by atoms with Gasteiger partial charge < -0.3 is 9.88 Å². The van der Waals surface area contributed by atoms with Gasteiger partial charge in [0.25, 0.3) is 0 Å². The fraction of sp³-hybridized carbons (Fsp3) is 0.214. The van der Waals surface area contributed by atoms with E-state index in [0.717, 1.165) is 24.5 Å². The molecule has 2 aromatic heterocycles. The van der Waals surface area contributed by atoms with Gasteiger partial charge in [-0.05, 0) is 17.7 Å². The van der Waals surface area contributed by atoms with E-state index in [1.807, 2.05) is 23.9 Å². The van der Waals surface area contributed by atoms with E-state index >= 15 is 0 Å². The summed E-state index contributed by atoms with van der Waals surface area (Å²) in [6, 6.07) is 8.30. The smallest absolute Gasteiger partial charge is 0.137 e. The number of rotatable bonds is 5. The monoisotopic (exact) mass is 268 g/mol. The number of anilines is 1. The predicted octanol–water partition coefficient (Wildman–Crippen LogP) is 1.67. The molecule has 6 heteroatoms. The van der Waals surface area contributed by atoms with Crippen molar-refractivity contribution in [1.29, 1.82) is 0 Å². The molecule has 0 aliphatic carbocycles. The minimum atomic E-state index is 0.723. The predicted molar refractivity (Wildman–Crippen MR) is 76.1 cm³/mol. The molecule has 2 heterocycles. The summed E-state index contributed by atoms with van der Waals surface area (Å²) >= 11 is 0. The van der Waals surface area contributed by atoms with Crippen molar-refractivity contribution in [2.24, 2.45) is 7.05 Å². The molecule has 0 radical (unpaired) electrons. The van der Waals surface area contributed by atoms with Crippen molar-refractivity contribution in [3.63, 3.8) is 0 Å². The van der Waals surface area contributed by atoms with E-state index in [1.54, 1.807) is 23.7 Å². The highest BCUT2D eigenvalue weighted by Gasteiger charge is 2.00. The molecule has 1 N–H and O–H groups in total. The van der Waals surface area contributed by atoms with Gasteiger partial charge in [0.1, 0.15) is 12.7 Å². The van der Waals surface area contributed by atoms with Gasteiger partial charge in [0.05, 0.1) is 25.1 Å². The molecule has 3 rings (SSSR count). The molecule has 0 amide bonds. The van der Waals surface area contributed by atoms with Gasteiger partial charge in [0.2, 0.25) is 0 Å². The minimum absolute atomic E-state index is 0.723. The van der Waals surface area contributed by atoms with E-state index in [9.17, 15) is 0 Å². The summed E-state index contributed by atoms with van der Waals surface area (Å²) in [5, 5.41) is 7.51. The van der Waals surface area contributed by atoms with Crippen LogP contribution in [0.5, 0.6) is 0 Å². The SMILES string of the molecule is Cn1cncc1CNc1cccc(Cn2cncn2)c1. The normalized spacial score (nSPS) is 10.7. The Morgan fingerprint density at radius 1 is 1.20 bits per heavy atom.